The summed E-state index contributed by atoms with van der Waals surface area (Å²) >= 11 is 3.02. The predicted molar refractivity (Wildman–Crippen MR) is 75.5 cm³/mol. The first-order valence-electron chi connectivity index (χ1n) is 5.64. The van der Waals surface area contributed by atoms with Gasteiger partial charge in [-0.3, -0.25) is 4.79 Å². The van der Waals surface area contributed by atoms with Crippen LogP contribution in [0.1, 0.15) is 6.92 Å². The first-order chi connectivity index (χ1) is 9.38. The summed E-state index contributed by atoms with van der Waals surface area (Å²) in [6.07, 6.45) is 0. The number of hydrogen-bond acceptors (Lipinski definition) is 2. The average Bonchev–Trinajstić information content (AvgIpc) is 2.36. The first kappa shape index (κ1) is 14.5. The van der Waals surface area contributed by atoms with Crippen molar-refractivity contribution in [3.05, 3.63) is 46.4 Å². The molecule has 0 saturated carbocycles. The smallest absolute Gasteiger partial charge is 0.221 e. The summed E-state index contributed by atoms with van der Waals surface area (Å²) in [5.74, 6) is -1.81. The third kappa shape index (κ3) is 2.96. The fourth-order valence-corrected chi connectivity index (χ4v) is 2.19. The highest BCUT2D eigenvalue weighted by atomic mass is 79.9. The highest BCUT2D eigenvalue weighted by Crippen LogP contribution is 2.37. The van der Waals surface area contributed by atoms with Gasteiger partial charge < -0.3 is 10.4 Å². The molecule has 0 unspecified atom stereocenters. The number of benzene rings is 2. The van der Waals surface area contributed by atoms with Crippen LogP contribution in [0.15, 0.2) is 34.8 Å². The van der Waals surface area contributed by atoms with Crippen LogP contribution in [0.25, 0.3) is 11.1 Å². The van der Waals surface area contributed by atoms with Crippen molar-refractivity contribution < 1.29 is 18.7 Å². The number of amides is 1. The van der Waals surface area contributed by atoms with Gasteiger partial charge in [-0.15, -0.1) is 0 Å². The Balaban J connectivity index is 2.49. The minimum absolute atomic E-state index is 0.0243. The van der Waals surface area contributed by atoms with Gasteiger partial charge in [0.05, 0.1) is 10.2 Å². The quantitative estimate of drug-likeness (QED) is 0.865. The van der Waals surface area contributed by atoms with Gasteiger partial charge in [-0.2, -0.15) is 0 Å². The zero-order chi connectivity index (χ0) is 14.9. The number of anilines is 1. The second-order valence-corrected chi connectivity index (χ2v) is 5.01. The molecule has 0 atom stereocenters. The van der Waals surface area contributed by atoms with Gasteiger partial charge in [0, 0.05) is 12.5 Å². The number of aromatic hydroxyl groups is 1. The van der Waals surface area contributed by atoms with E-state index in [4.69, 9.17) is 0 Å². The van der Waals surface area contributed by atoms with Crippen LogP contribution in [0.4, 0.5) is 14.5 Å². The average molecular weight is 342 g/mol. The fraction of sp³-hybridized carbons (Fsp3) is 0.0714. The molecule has 2 aromatic rings. The summed E-state index contributed by atoms with van der Waals surface area (Å²) in [6.45, 7) is 1.27. The molecule has 0 aromatic heterocycles. The van der Waals surface area contributed by atoms with E-state index in [1.165, 1.54) is 19.1 Å². The van der Waals surface area contributed by atoms with Gasteiger partial charge in [0.1, 0.15) is 17.4 Å². The molecule has 0 fully saturated rings. The molecule has 0 aliphatic rings. The second-order valence-electron chi connectivity index (χ2n) is 4.16. The van der Waals surface area contributed by atoms with Crippen molar-refractivity contribution in [2.24, 2.45) is 0 Å². The molecule has 104 valence electrons. The molecule has 20 heavy (non-hydrogen) atoms. The van der Waals surface area contributed by atoms with E-state index in [0.717, 1.165) is 18.2 Å². The van der Waals surface area contributed by atoms with Gasteiger partial charge in [0.2, 0.25) is 5.91 Å². The van der Waals surface area contributed by atoms with Crippen LogP contribution in [-0.2, 0) is 4.79 Å². The third-order valence-corrected chi connectivity index (χ3v) is 3.22. The van der Waals surface area contributed by atoms with E-state index >= 15 is 0 Å². The molecular weight excluding hydrogens is 332 g/mol. The Morgan fingerprint density at radius 1 is 1.25 bits per heavy atom. The Morgan fingerprint density at radius 2 is 1.95 bits per heavy atom. The highest BCUT2D eigenvalue weighted by Gasteiger charge is 2.13. The topological polar surface area (TPSA) is 49.3 Å². The zero-order valence-corrected chi connectivity index (χ0v) is 12.0. The Kier molecular flexibility index (Phi) is 4.04. The standard InChI is InChI=1S/C14H10BrF2NO2/c1-7(19)18-13-3-2-8(4-12(13)17)10-5-9(16)6-11(15)14(10)20/h2-6,20H,1H3,(H,18,19). The number of phenols is 1. The highest BCUT2D eigenvalue weighted by molar-refractivity contribution is 9.10. The van der Waals surface area contributed by atoms with Crippen LogP contribution in [0.3, 0.4) is 0 Å². The second kappa shape index (κ2) is 5.58. The number of hydrogen-bond donors (Lipinski definition) is 2. The molecule has 0 radical (unpaired) electrons. The van der Waals surface area contributed by atoms with Crippen molar-refractivity contribution >= 4 is 27.5 Å². The van der Waals surface area contributed by atoms with Crippen LogP contribution in [0, 0.1) is 11.6 Å². The van der Waals surface area contributed by atoms with Crippen molar-refractivity contribution in [3.63, 3.8) is 0 Å². The van der Waals surface area contributed by atoms with Crippen LogP contribution in [0.2, 0.25) is 0 Å². The molecule has 0 heterocycles. The van der Waals surface area contributed by atoms with Crippen molar-refractivity contribution in [2.45, 2.75) is 6.92 Å². The Hall–Kier alpha value is -1.95. The number of carbonyl (C=O) groups excluding carboxylic acids is 1. The number of phenolic OH excluding ortho intramolecular Hbond substituents is 1. The first-order valence-corrected chi connectivity index (χ1v) is 6.43. The van der Waals surface area contributed by atoms with E-state index in [2.05, 4.69) is 21.2 Å². The Morgan fingerprint density at radius 3 is 2.55 bits per heavy atom. The summed E-state index contributed by atoms with van der Waals surface area (Å²) in [5, 5.41) is 12.2. The van der Waals surface area contributed by atoms with Gasteiger partial charge in [0.25, 0.3) is 0 Å². The van der Waals surface area contributed by atoms with Gasteiger partial charge in [-0.1, -0.05) is 6.07 Å². The van der Waals surface area contributed by atoms with Gasteiger partial charge in [0.15, 0.2) is 0 Å². The monoisotopic (exact) mass is 341 g/mol. The molecule has 0 saturated heterocycles. The number of rotatable bonds is 2. The van der Waals surface area contributed by atoms with E-state index in [1.807, 2.05) is 0 Å². The van der Waals surface area contributed by atoms with Crippen molar-refractivity contribution in [1.29, 1.82) is 0 Å². The summed E-state index contributed by atoms with van der Waals surface area (Å²) < 4.78 is 27.4. The lowest BCUT2D eigenvalue weighted by Crippen LogP contribution is -2.07. The minimum Gasteiger partial charge on any atom is -0.506 e. The lowest BCUT2D eigenvalue weighted by molar-refractivity contribution is -0.114. The molecule has 2 N–H and O–H groups in total. The summed E-state index contributed by atoms with van der Waals surface area (Å²) in [4.78, 5) is 10.9. The van der Waals surface area contributed by atoms with E-state index in [-0.39, 0.29) is 21.5 Å². The zero-order valence-electron chi connectivity index (χ0n) is 10.4. The number of carbonyl (C=O) groups is 1. The van der Waals surface area contributed by atoms with Crippen molar-refractivity contribution in [2.75, 3.05) is 5.32 Å². The SMILES string of the molecule is CC(=O)Nc1ccc(-c2cc(F)cc(Br)c2O)cc1F. The largest absolute Gasteiger partial charge is 0.506 e. The van der Waals surface area contributed by atoms with Crippen LogP contribution in [-0.4, -0.2) is 11.0 Å². The fourth-order valence-electron chi connectivity index (χ4n) is 1.76. The molecule has 0 aliphatic heterocycles. The number of halogens is 3. The van der Waals surface area contributed by atoms with Gasteiger partial charge in [-0.05, 0) is 45.8 Å². The maximum atomic E-state index is 13.8. The lowest BCUT2D eigenvalue weighted by Gasteiger charge is -2.09. The third-order valence-electron chi connectivity index (χ3n) is 2.62. The molecule has 0 spiro atoms. The van der Waals surface area contributed by atoms with Crippen molar-refractivity contribution in [1.82, 2.24) is 0 Å². The normalized spacial score (nSPS) is 10.4. The molecule has 6 heteroatoms. The van der Waals surface area contributed by atoms with Crippen molar-refractivity contribution in [3.8, 4) is 16.9 Å². The molecule has 0 bridgehead atoms. The van der Waals surface area contributed by atoms with Crippen LogP contribution in [0.5, 0.6) is 5.75 Å². The molecule has 2 rings (SSSR count). The lowest BCUT2D eigenvalue weighted by atomic mass is 10.0. The molecule has 2 aromatic carbocycles. The van der Waals surface area contributed by atoms with E-state index in [1.54, 1.807) is 0 Å². The summed E-state index contributed by atoms with van der Waals surface area (Å²) in [7, 11) is 0. The maximum Gasteiger partial charge on any atom is 0.221 e. The van der Waals surface area contributed by atoms with Crippen LogP contribution >= 0.6 is 15.9 Å². The molecule has 0 aliphatic carbocycles. The minimum atomic E-state index is -0.669. The molecular formula is C14H10BrF2NO2. The van der Waals surface area contributed by atoms with E-state index in [9.17, 15) is 18.7 Å². The van der Waals surface area contributed by atoms with E-state index in [0.29, 0.717) is 5.56 Å². The summed E-state index contributed by atoms with van der Waals surface area (Å²) in [6, 6.07) is 6.17. The van der Waals surface area contributed by atoms with Gasteiger partial charge >= 0.3 is 0 Å². The van der Waals surface area contributed by atoms with Gasteiger partial charge in [-0.25, -0.2) is 8.78 Å². The molecule has 3 nitrogen and oxygen atoms in total. The Bertz CT molecular complexity index is 689. The maximum absolute atomic E-state index is 13.8. The number of nitrogens with one attached hydrogen (secondary N) is 1. The predicted octanol–water partition coefficient (Wildman–Crippen LogP) is 4.06. The summed E-state index contributed by atoms with van der Waals surface area (Å²) in [5.41, 5.74) is 0.482. The molecule has 1 amide bonds. The Labute approximate surface area is 122 Å². The van der Waals surface area contributed by atoms with Crippen LogP contribution < -0.4 is 5.32 Å². The van der Waals surface area contributed by atoms with E-state index < -0.39 is 17.5 Å².